The van der Waals surface area contributed by atoms with Gasteiger partial charge in [0.1, 0.15) is 12.0 Å². The van der Waals surface area contributed by atoms with Gasteiger partial charge < -0.3 is 4.90 Å². The highest BCUT2D eigenvalue weighted by Crippen LogP contribution is 2.24. The van der Waals surface area contributed by atoms with Gasteiger partial charge >= 0.3 is 0 Å². The Kier molecular flexibility index (Phi) is 4.92. The summed E-state index contributed by atoms with van der Waals surface area (Å²) in [5.41, 5.74) is 1.40. The summed E-state index contributed by atoms with van der Waals surface area (Å²) in [6.45, 7) is 1.24. The third-order valence-corrected chi connectivity index (χ3v) is 4.95. The van der Waals surface area contributed by atoms with E-state index in [-0.39, 0.29) is 17.3 Å². The van der Waals surface area contributed by atoms with Crippen LogP contribution in [0.5, 0.6) is 0 Å². The molecule has 0 bridgehead atoms. The predicted octanol–water partition coefficient (Wildman–Crippen LogP) is 1.73. The third-order valence-electron chi connectivity index (χ3n) is 4.95. The molecular formula is C20H20N6O2. The summed E-state index contributed by atoms with van der Waals surface area (Å²) in [7, 11) is 1.69. The van der Waals surface area contributed by atoms with Crippen LogP contribution in [0.25, 0.3) is 11.4 Å². The van der Waals surface area contributed by atoms with Crippen LogP contribution in [0.15, 0.2) is 53.8 Å². The highest BCUT2D eigenvalue weighted by atomic mass is 16.1. The van der Waals surface area contributed by atoms with Gasteiger partial charge in [0.05, 0.1) is 11.4 Å². The van der Waals surface area contributed by atoms with E-state index in [4.69, 9.17) is 0 Å². The molecule has 4 rings (SSSR count). The van der Waals surface area contributed by atoms with Crippen LogP contribution in [0.4, 0.5) is 5.95 Å². The molecule has 8 nitrogen and oxygen atoms in total. The molecule has 28 heavy (non-hydrogen) atoms. The molecule has 4 heterocycles. The fourth-order valence-corrected chi connectivity index (χ4v) is 3.47. The average Bonchev–Trinajstić information content (AvgIpc) is 2.76. The van der Waals surface area contributed by atoms with Crippen molar-refractivity contribution in [2.75, 3.05) is 18.0 Å². The van der Waals surface area contributed by atoms with Crippen molar-refractivity contribution in [3.05, 3.63) is 65.1 Å². The lowest BCUT2D eigenvalue weighted by Crippen LogP contribution is -2.42. The van der Waals surface area contributed by atoms with Crippen LogP contribution in [-0.2, 0) is 7.05 Å². The molecule has 0 spiro atoms. The summed E-state index contributed by atoms with van der Waals surface area (Å²) in [5, 5.41) is 0. The molecule has 0 amide bonds. The molecule has 1 fully saturated rings. The Hall–Kier alpha value is -3.42. The van der Waals surface area contributed by atoms with Crippen molar-refractivity contribution in [2.24, 2.45) is 13.0 Å². The third kappa shape index (κ3) is 3.53. The molecule has 142 valence electrons. The van der Waals surface area contributed by atoms with Gasteiger partial charge in [-0.15, -0.1) is 0 Å². The smallest absolute Gasteiger partial charge is 0.255 e. The second-order valence-electron chi connectivity index (χ2n) is 6.80. The number of anilines is 1. The number of carbonyl (C=O) groups excluding carboxylic acids is 1. The summed E-state index contributed by atoms with van der Waals surface area (Å²) in [6, 6.07) is 8.53. The zero-order valence-electron chi connectivity index (χ0n) is 15.5. The van der Waals surface area contributed by atoms with Crippen LogP contribution in [0.2, 0.25) is 0 Å². The summed E-state index contributed by atoms with van der Waals surface area (Å²) in [5.74, 6) is 0.394. The quantitative estimate of drug-likeness (QED) is 0.640. The molecule has 0 aliphatic carbocycles. The van der Waals surface area contributed by atoms with Crippen molar-refractivity contribution in [3.63, 3.8) is 0 Å². The second-order valence-corrected chi connectivity index (χ2v) is 6.80. The van der Waals surface area contributed by atoms with Crippen LogP contribution in [0, 0.1) is 5.92 Å². The summed E-state index contributed by atoms with van der Waals surface area (Å²) in [6.07, 6.45) is 6.31. The number of hydrogen-bond donors (Lipinski definition) is 0. The minimum atomic E-state index is -0.178. The highest BCUT2D eigenvalue weighted by Gasteiger charge is 2.29. The van der Waals surface area contributed by atoms with Gasteiger partial charge in [0.2, 0.25) is 5.95 Å². The standard InChI is InChI=1S/C20H20N6O2/c1-25-18(27)11-17(15-7-9-21-13-23-15)24-20(25)26-10-4-5-14(12-26)19(28)16-6-2-3-8-22-16/h2-3,6-9,11,13-14H,4-5,10,12H2,1H3. The van der Waals surface area contributed by atoms with Gasteiger partial charge in [-0.1, -0.05) is 6.07 Å². The molecular weight excluding hydrogens is 356 g/mol. The lowest BCUT2D eigenvalue weighted by atomic mass is 9.92. The molecule has 0 aromatic carbocycles. The van der Waals surface area contributed by atoms with E-state index in [1.807, 2.05) is 11.0 Å². The van der Waals surface area contributed by atoms with E-state index in [0.29, 0.717) is 29.6 Å². The first kappa shape index (κ1) is 18.0. The Bertz CT molecular complexity index is 1040. The SMILES string of the molecule is Cn1c(N2CCCC(C(=O)c3ccccn3)C2)nc(-c2ccncn2)cc1=O. The minimum Gasteiger partial charge on any atom is -0.341 e. The maximum atomic E-state index is 12.8. The summed E-state index contributed by atoms with van der Waals surface area (Å²) >= 11 is 0. The van der Waals surface area contributed by atoms with E-state index in [1.54, 1.807) is 37.6 Å². The van der Waals surface area contributed by atoms with Gasteiger partial charge in [-0.05, 0) is 31.0 Å². The largest absolute Gasteiger partial charge is 0.341 e. The number of rotatable bonds is 4. The number of nitrogens with zero attached hydrogens (tertiary/aromatic N) is 6. The molecule has 1 atom stereocenters. The molecule has 3 aromatic heterocycles. The molecule has 0 N–H and O–H groups in total. The Labute approximate surface area is 161 Å². The first-order chi connectivity index (χ1) is 13.6. The van der Waals surface area contributed by atoms with E-state index in [0.717, 1.165) is 19.4 Å². The summed E-state index contributed by atoms with van der Waals surface area (Å²) in [4.78, 5) is 44.3. The fourth-order valence-electron chi connectivity index (χ4n) is 3.47. The highest BCUT2D eigenvalue weighted by molar-refractivity contribution is 5.96. The maximum absolute atomic E-state index is 12.8. The van der Waals surface area contributed by atoms with E-state index >= 15 is 0 Å². The second kappa shape index (κ2) is 7.67. The molecule has 0 saturated carbocycles. The van der Waals surface area contributed by atoms with E-state index in [9.17, 15) is 9.59 Å². The lowest BCUT2D eigenvalue weighted by Gasteiger charge is -2.33. The Morgan fingerprint density at radius 1 is 1.14 bits per heavy atom. The minimum absolute atomic E-state index is 0.0299. The average molecular weight is 376 g/mol. The maximum Gasteiger partial charge on any atom is 0.255 e. The van der Waals surface area contributed by atoms with E-state index < -0.39 is 0 Å². The fraction of sp³-hybridized carbons (Fsp3) is 0.300. The first-order valence-electron chi connectivity index (χ1n) is 9.18. The zero-order valence-corrected chi connectivity index (χ0v) is 15.5. The van der Waals surface area contributed by atoms with Crippen molar-refractivity contribution in [2.45, 2.75) is 12.8 Å². The number of carbonyl (C=O) groups is 1. The van der Waals surface area contributed by atoms with Crippen molar-refractivity contribution < 1.29 is 4.79 Å². The monoisotopic (exact) mass is 376 g/mol. The Morgan fingerprint density at radius 2 is 2.04 bits per heavy atom. The summed E-state index contributed by atoms with van der Waals surface area (Å²) < 4.78 is 1.51. The van der Waals surface area contributed by atoms with Crippen molar-refractivity contribution in [1.82, 2.24) is 24.5 Å². The van der Waals surface area contributed by atoms with Gasteiger partial charge in [-0.2, -0.15) is 0 Å². The van der Waals surface area contributed by atoms with Crippen molar-refractivity contribution in [1.29, 1.82) is 0 Å². The Morgan fingerprint density at radius 3 is 2.79 bits per heavy atom. The predicted molar refractivity (Wildman–Crippen MR) is 104 cm³/mol. The van der Waals surface area contributed by atoms with Crippen LogP contribution in [0.3, 0.4) is 0 Å². The first-order valence-corrected chi connectivity index (χ1v) is 9.18. The number of ketones is 1. The Balaban J connectivity index is 1.64. The van der Waals surface area contributed by atoms with Gasteiger partial charge in [0, 0.05) is 44.5 Å². The van der Waals surface area contributed by atoms with Crippen LogP contribution < -0.4 is 10.5 Å². The number of hydrogen-bond acceptors (Lipinski definition) is 7. The number of piperidine rings is 1. The topological polar surface area (TPSA) is 93.9 Å². The molecule has 3 aromatic rings. The zero-order chi connectivity index (χ0) is 19.5. The van der Waals surface area contributed by atoms with Crippen LogP contribution in [0.1, 0.15) is 23.3 Å². The normalized spacial score (nSPS) is 16.8. The van der Waals surface area contributed by atoms with Gasteiger partial charge in [-0.25, -0.2) is 15.0 Å². The van der Waals surface area contributed by atoms with Crippen molar-refractivity contribution in [3.8, 4) is 11.4 Å². The molecule has 1 unspecified atom stereocenters. The lowest BCUT2D eigenvalue weighted by molar-refractivity contribution is 0.0901. The van der Waals surface area contributed by atoms with E-state index in [2.05, 4.69) is 19.9 Å². The van der Waals surface area contributed by atoms with Gasteiger partial charge in [0.25, 0.3) is 5.56 Å². The van der Waals surface area contributed by atoms with E-state index in [1.165, 1.54) is 17.0 Å². The molecule has 1 saturated heterocycles. The van der Waals surface area contributed by atoms with Crippen LogP contribution >= 0.6 is 0 Å². The molecule has 1 aliphatic rings. The van der Waals surface area contributed by atoms with Crippen LogP contribution in [-0.4, -0.2) is 43.4 Å². The molecule has 1 aliphatic heterocycles. The number of Topliss-reactive ketones (excluding diaryl/α,β-unsaturated/α-hetero) is 1. The number of aromatic nitrogens is 5. The van der Waals surface area contributed by atoms with Crippen molar-refractivity contribution >= 4 is 11.7 Å². The number of pyridine rings is 1. The van der Waals surface area contributed by atoms with Gasteiger partial charge in [-0.3, -0.25) is 19.1 Å². The molecule has 8 heteroatoms. The van der Waals surface area contributed by atoms with Gasteiger partial charge in [0.15, 0.2) is 5.78 Å². The molecule has 0 radical (unpaired) electrons.